The van der Waals surface area contributed by atoms with Crippen molar-refractivity contribution in [3.8, 4) is 0 Å². The number of aryl methyl sites for hydroxylation is 3. The van der Waals surface area contributed by atoms with Crippen LogP contribution in [0.5, 0.6) is 0 Å². The highest BCUT2D eigenvalue weighted by Crippen LogP contribution is 2.32. The highest BCUT2D eigenvalue weighted by Gasteiger charge is 2.11. The SMILES string of the molecule is Cc1nn(C)c(Sc2cnn(C)c2)c1N. The second kappa shape index (κ2) is 3.62. The van der Waals surface area contributed by atoms with Crippen LogP contribution in [0.25, 0.3) is 0 Å². The highest BCUT2D eigenvalue weighted by atomic mass is 32.2. The van der Waals surface area contributed by atoms with Crippen LogP contribution >= 0.6 is 11.8 Å². The van der Waals surface area contributed by atoms with Crippen molar-refractivity contribution < 1.29 is 0 Å². The van der Waals surface area contributed by atoms with E-state index >= 15 is 0 Å². The Bertz CT molecular complexity index is 485. The summed E-state index contributed by atoms with van der Waals surface area (Å²) in [6.07, 6.45) is 3.76. The first-order valence-electron chi connectivity index (χ1n) is 4.53. The Labute approximate surface area is 92.3 Å². The molecular weight excluding hydrogens is 210 g/mol. The van der Waals surface area contributed by atoms with Gasteiger partial charge in [0.05, 0.1) is 22.5 Å². The van der Waals surface area contributed by atoms with Gasteiger partial charge in [0, 0.05) is 20.3 Å². The number of nitrogen functional groups attached to an aromatic ring is 1. The van der Waals surface area contributed by atoms with E-state index in [0.29, 0.717) is 0 Å². The number of nitrogens with zero attached hydrogens (tertiary/aromatic N) is 4. The summed E-state index contributed by atoms with van der Waals surface area (Å²) >= 11 is 1.57. The summed E-state index contributed by atoms with van der Waals surface area (Å²) in [5.74, 6) is 0. The molecule has 0 fully saturated rings. The molecule has 15 heavy (non-hydrogen) atoms. The van der Waals surface area contributed by atoms with E-state index in [1.165, 1.54) is 0 Å². The smallest absolute Gasteiger partial charge is 0.122 e. The second-order valence-electron chi connectivity index (χ2n) is 3.38. The maximum atomic E-state index is 5.93. The Morgan fingerprint density at radius 3 is 2.60 bits per heavy atom. The molecule has 2 rings (SSSR count). The van der Waals surface area contributed by atoms with E-state index in [1.807, 2.05) is 33.4 Å². The largest absolute Gasteiger partial charge is 0.395 e. The molecule has 0 aliphatic rings. The molecule has 0 aliphatic heterocycles. The molecule has 0 saturated carbocycles. The van der Waals surface area contributed by atoms with Gasteiger partial charge in [-0.1, -0.05) is 11.8 Å². The maximum Gasteiger partial charge on any atom is 0.122 e. The van der Waals surface area contributed by atoms with Crippen molar-refractivity contribution in [3.05, 3.63) is 18.1 Å². The minimum Gasteiger partial charge on any atom is -0.395 e. The fraction of sp³-hybridized carbons (Fsp3) is 0.333. The molecule has 80 valence electrons. The minimum atomic E-state index is 0.742. The molecule has 0 bridgehead atoms. The van der Waals surface area contributed by atoms with Crippen LogP contribution in [0.2, 0.25) is 0 Å². The van der Waals surface area contributed by atoms with Crippen molar-refractivity contribution in [2.45, 2.75) is 16.8 Å². The zero-order chi connectivity index (χ0) is 11.0. The molecule has 2 aromatic heterocycles. The Morgan fingerprint density at radius 2 is 2.13 bits per heavy atom. The van der Waals surface area contributed by atoms with Crippen molar-refractivity contribution in [1.29, 1.82) is 0 Å². The standard InChI is InChI=1S/C9H13N5S/c1-6-8(10)9(14(3)12-6)15-7-4-11-13(2)5-7/h4-5H,10H2,1-3H3. The Morgan fingerprint density at radius 1 is 1.40 bits per heavy atom. The first-order valence-corrected chi connectivity index (χ1v) is 5.35. The second-order valence-corrected chi connectivity index (χ2v) is 4.44. The molecule has 5 nitrogen and oxygen atoms in total. The molecule has 0 amide bonds. The third-order valence-corrected chi connectivity index (χ3v) is 3.23. The number of anilines is 1. The van der Waals surface area contributed by atoms with Crippen LogP contribution in [-0.2, 0) is 14.1 Å². The van der Waals surface area contributed by atoms with Crippen LogP contribution in [0.1, 0.15) is 5.69 Å². The van der Waals surface area contributed by atoms with E-state index in [4.69, 9.17) is 5.73 Å². The Hall–Kier alpha value is -1.43. The first-order chi connectivity index (χ1) is 7.08. The van der Waals surface area contributed by atoms with E-state index in [1.54, 1.807) is 21.1 Å². The van der Waals surface area contributed by atoms with Gasteiger partial charge in [-0.15, -0.1) is 0 Å². The fourth-order valence-corrected chi connectivity index (χ4v) is 2.30. The van der Waals surface area contributed by atoms with Gasteiger partial charge in [-0.2, -0.15) is 10.2 Å². The van der Waals surface area contributed by atoms with Crippen molar-refractivity contribution >= 4 is 17.4 Å². The third-order valence-electron chi connectivity index (χ3n) is 2.11. The summed E-state index contributed by atoms with van der Waals surface area (Å²) in [5, 5.41) is 9.32. The van der Waals surface area contributed by atoms with E-state index < -0.39 is 0 Å². The van der Waals surface area contributed by atoms with Crippen LogP contribution < -0.4 is 5.73 Å². The molecule has 2 aromatic rings. The molecule has 0 radical (unpaired) electrons. The topological polar surface area (TPSA) is 61.7 Å². The maximum absolute atomic E-state index is 5.93. The van der Waals surface area contributed by atoms with Crippen LogP contribution in [-0.4, -0.2) is 19.6 Å². The van der Waals surface area contributed by atoms with Gasteiger partial charge in [0.25, 0.3) is 0 Å². The average molecular weight is 223 g/mol. The third kappa shape index (κ3) is 1.85. The number of aromatic nitrogens is 4. The molecule has 0 aliphatic carbocycles. The number of rotatable bonds is 2. The summed E-state index contributed by atoms with van der Waals surface area (Å²) < 4.78 is 3.56. The summed E-state index contributed by atoms with van der Waals surface area (Å²) in [6, 6.07) is 0. The van der Waals surface area contributed by atoms with Crippen LogP contribution in [0.15, 0.2) is 22.3 Å². The lowest BCUT2D eigenvalue weighted by atomic mass is 10.4. The lowest BCUT2D eigenvalue weighted by Gasteiger charge is -1.99. The van der Waals surface area contributed by atoms with Gasteiger partial charge < -0.3 is 5.73 Å². The van der Waals surface area contributed by atoms with Crippen molar-refractivity contribution in [3.63, 3.8) is 0 Å². The number of hydrogen-bond donors (Lipinski definition) is 1. The summed E-state index contributed by atoms with van der Waals surface area (Å²) in [5.41, 5.74) is 7.53. The Balaban J connectivity index is 2.31. The molecule has 0 atom stereocenters. The van der Waals surface area contributed by atoms with E-state index in [9.17, 15) is 0 Å². The number of nitrogens with two attached hydrogens (primary N) is 1. The normalized spacial score (nSPS) is 10.9. The van der Waals surface area contributed by atoms with Gasteiger partial charge in [0.15, 0.2) is 0 Å². The molecule has 2 heterocycles. The van der Waals surface area contributed by atoms with Crippen molar-refractivity contribution in [2.24, 2.45) is 14.1 Å². The van der Waals surface area contributed by atoms with Crippen LogP contribution in [0.4, 0.5) is 5.69 Å². The first kappa shape index (κ1) is 10.1. The molecule has 2 N–H and O–H groups in total. The zero-order valence-electron chi connectivity index (χ0n) is 8.93. The van der Waals surface area contributed by atoms with Gasteiger partial charge in [0.1, 0.15) is 5.03 Å². The quantitative estimate of drug-likeness (QED) is 0.831. The lowest BCUT2D eigenvalue weighted by Crippen LogP contribution is -1.93. The fourth-order valence-electron chi connectivity index (χ4n) is 1.34. The van der Waals surface area contributed by atoms with E-state index in [-0.39, 0.29) is 0 Å². The molecule has 0 aromatic carbocycles. The van der Waals surface area contributed by atoms with Gasteiger partial charge in [-0.05, 0) is 6.92 Å². The van der Waals surface area contributed by atoms with Crippen molar-refractivity contribution in [2.75, 3.05) is 5.73 Å². The van der Waals surface area contributed by atoms with E-state index in [2.05, 4.69) is 10.2 Å². The monoisotopic (exact) mass is 223 g/mol. The molecule has 0 spiro atoms. The lowest BCUT2D eigenvalue weighted by molar-refractivity contribution is 0.693. The van der Waals surface area contributed by atoms with Gasteiger partial charge >= 0.3 is 0 Å². The molecule has 0 unspecified atom stereocenters. The highest BCUT2D eigenvalue weighted by molar-refractivity contribution is 7.99. The van der Waals surface area contributed by atoms with E-state index in [0.717, 1.165) is 21.3 Å². The van der Waals surface area contributed by atoms with Crippen molar-refractivity contribution in [1.82, 2.24) is 19.6 Å². The molecule has 6 heteroatoms. The summed E-state index contributed by atoms with van der Waals surface area (Å²) in [4.78, 5) is 1.06. The summed E-state index contributed by atoms with van der Waals surface area (Å²) in [6.45, 7) is 1.91. The predicted molar refractivity (Wildman–Crippen MR) is 59.7 cm³/mol. The van der Waals surface area contributed by atoms with Gasteiger partial charge in [0.2, 0.25) is 0 Å². The van der Waals surface area contributed by atoms with Gasteiger partial charge in [-0.3, -0.25) is 9.36 Å². The molecular formula is C9H13N5S. The Kier molecular flexibility index (Phi) is 2.44. The summed E-state index contributed by atoms with van der Waals surface area (Å²) in [7, 11) is 3.78. The zero-order valence-corrected chi connectivity index (χ0v) is 9.75. The molecule has 0 saturated heterocycles. The predicted octanol–water partition coefficient (Wildman–Crippen LogP) is 1.20. The van der Waals surface area contributed by atoms with Gasteiger partial charge in [-0.25, -0.2) is 0 Å². The van der Waals surface area contributed by atoms with Crippen LogP contribution in [0.3, 0.4) is 0 Å². The van der Waals surface area contributed by atoms with Crippen LogP contribution in [0, 0.1) is 6.92 Å². The average Bonchev–Trinajstić information content (AvgIpc) is 2.67. The minimum absolute atomic E-state index is 0.742. The number of hydrogen-bond acceptors (Lipinski definition) is 4.